The Labute approximate surface area is 76.0 Å². The zero-order valence-electron chi connectivity index (χ0n) is 8.96. The van der Waals surface area contributed by atoms with Gasteiger partial charge in [0.25, 0.3) is 0 Å². The van der Waals surface area contributed by atoms with Gasteiger partial charge in [-0.2, -0.15) is 5.26 Å². The van der Waals surface area contributed by atoms with Crippen molar-refractivity contribution in [2.75, 3.05) is 7.11 Å². The highest BCUT2D eigenvalue weighted by Gasteiger charge is 1.78. The highest BCUT2D eigenvalue weighted by molar-refractivity contribution is 4.51. The lowest BCUT2D eigenvalue weighted by Gasteiger charge is -1.94. The van der Waals surface area contributed by atoms with E-state index in [-0.39, 0.29) is 6.10 Å². The molecule has 3 heteroatoms. The number of aliphatic hydroxyl groups excluding tert-OH is 1. The van der Waals surface area contributed by atoms with Gasteiger partial charge in [0.15, 0.2) is 0 Å². The average Bonchev–Trinajstić information content (AvgIpc) is 1.88. The molecule has 0 saturated heterocycles. The van der Waals surface area contributed by atoms with Gasteiger partial charge in [-0.05, 0) is 27.7 Å². The average molecular weight is 175 g/mol. The number of methoxy groups -OCH3 is 1. The zero-order chi connectivity index (χ0) is 10.6. The fourth-order valence-electron chi connectivity index (χ4n) is 0. The van der Waals surface area contributed by atoms with E-state index >= 15 is 0 Å². The highest BCUT2D eigenvalue weighted by atomic mass is 16.5. The number of hydrogen-bond acceptors (Lipinski definition) is 3. The molecule has 3 nitrogen and oxygen atoms in total. The van der Waals surface area contributed by atoms with Gasteiger partial charge < -0.3 is 9.84 Å². The van der Waals surface area contributed by atoms with Gasteiger partial charge in [0.05, 0.1) is 12.2 Å². The third-order valence-electron chi connectivity index (χ3n) is 0.471. The van der Waals surface area contributed by atoms with Gasteiger partial charge in [-0.3, -0.25) is 0 Å². The van der Waals surface area contributed by atoms with Crippen molar-refractivity contribution < 1.29 is 9.84 Å². The summed E-state index contributed by atoms with van der Waals surface area (Å²) in [5.74, 6) is 0. The fourth-order valence-corrected chi connectivity index (χ4v) is 0. The SMILES string of the molecule is CC#N.CC(C)O.COC(C)C. The lowest BCUT2D eigenvalue weighted by atomic mass is 10.5. The van der Waals surface area contributed by atoms with Crippen LogP contribution in [0.3, 0.4) is 0 Å². The number of aliphatic hydroxyl groups is 1. The summed E-state index contributed by atoms with van der Waals surface area (Å²) in [6.45, 7) is 8.88. The van der Waals surface area contributed by atoms with E-state index in [9.17, 15) is 0 Å². The van der Waals surface area contributed by atoms with Gasteiger partial charge in [0.1, 0.15) is 0 Å². The monoisotopic (exact) mass is 175 g/mol. The van der Waals surface area contributed by atoms with Gasteiger partial charge in [-0.15, -0.1) is 0 Å². The Morgan fingerprint density at radius 1 is 1.25 bits per heavy atom. The molecule has 0 aliphatic rings. The van der Waals surface area contributed by atoms with Crippen molar-refractivity contribution in [3.63, 3.8) is 0 Å². The summed E-state index contributed by atoms with van der Waals surface area (Å²) in [7, 11) is 1.70. The number of hydrogen-bond donors (Lipinski definition) is 1. The first-order chi connectivity index (χ1) is 5.42. The molecule has 0 aromatic rings. The van der Waals surface area contributed by atoms with Crippen LogP contribution in [-0.2, 0) is 4.74 Å². The van der Waals surface area contributed by atoms with Crippen LogP contribution < -0.4 is 0 Å². The number of rotatable bonds is 1. The van der Waals surface area contributed by atoms with E-state index in [1.54, 1.807) is 27.0 Å². The van der Waals surface area contributed by atoms with Crippen LogP contribution in [0.25, 0.3) is 0 Å². The highest BCUT2D eigenvalue weighted by Crippen LogP contribution is 1.77. The first-order valence-corrected chi connectivity index (χ1v) is 3.94. The normalized spacial score (nSPS) is 7.67. The van der Waals surface area contributed by atoms with Crippen molar-refractivity contribution in [2.24, 2.45) is 0 Å². The van der Waals surface area contributed by atoms with Crippen molar-refractivity contribution >= 4 is 0 Å². The van der Waals surface area contributed by atoms with Crippen LogP contribution in [-0.4, -0.2) is 24.4 Å². The molecular formula is C9H21NO2. The summed E-state index contributed by atoms with van der Waals surface area (Å²) in [6.07, 6.45) is 0.218. The van der Waals surface area contributed by atoms with Crippen LogP contribution in [0.4, 0.5) is 0 Å². The third-order valence-corrected chi connectivity index (χ3v) is 0.471. The standard InChI is InChI=1S/C4H10O.C3H8O.C2H3N/c1-4(2)5-3;1-3(2)4;1-2-3/h4H,1-3H3;3-4H,1-2H3;1H3. The zero-order valence-corrected chi connectivity index (χ0v) is 8.96. The van der Waals surface area contributed by atoms with Gasteiger partial charge in [0.2, 0.25) is 0 Å². The molecule has 74 valence electrons. The van der Waals surface area contributed by atoms with E-state index in [4.69, 9.17) is 15.1 Å². The molecule has 12 heavy (non-hydrogen) atoms. The van der Waals surface area contributed by atoms with Gasteiger partial charge in [-0.1, -0.05) is 0 Å². The lowest BCUT2D eigenvalue weighted by Crippen LogP contribution is -1.94. The van der Waals surface area contributed by atoms with Gasteiger partial charge >= 0.3 is 0 Å². The smallest absolute Gasteiger partial charge is 0.0587 e. The second-order valence-corrected chi connectivity index (χ2v) is 2.60. The molecule has 0 aromatic carbocycles. The van der Waals surface area contributed by atoms with Crippen LogP contribution in [0, 0.1) is 11.3 Å². The summed E-state index contributed by atoms with van der Waals surface area (Å²) in [6, 6.07) is 1.75. The largest absolute Gasteiger partial charge is 0.394 e. The van der Waals surface area contributed by atoms with E-state index in [1.807, 2.05) is 13.8 Å². The van der Waals surface area contributed by atoms with Crippen LogP contribution in [0.5, 0.6) is 0 Å². The first-order valence-electron chi connectivity index (χ1n) is 3.94. The second kappa shape index (κ2) is 16.8. The molecule has 0 aromatic heterocycles. The van der Waals surface area contributed by atoms with Crippen LogP contribution in [0.1, 0.15) is 34.6 Å². The third kappa shape index (κ3) is 335. The van der Waals surface area contributed by atoms with Gasteiger partial charge in [-0.25, -0.2) is 0 Å². The van der Waals surface area contributed by atoms with Crippen molar-refractivity contribution in [3.05, 3.63) is 0 Å². The minimum absolute atomic E-state index is 0.167. The topological polar surface area (TPSA) is 53.2 Å². The summed E-state index contributed by atoms with van der Waals surface area (Å²) < 4.78 is 4.75. The summed E-state index contributed by atoms with van der Waals surface area (Å²) in [4.78, 5) is 0. The second-order valence-electron chi connectivity index (χ2n) is 2.60. The van der Waals surface area contributed by atoms with Crippen molar-refractivity contribution in [1.82, 2.24) is 0 Å². The Morgan fingerprint density at radius 3 is 1.33 bits per heavy atom. The molecule has 0 heterocycles. The minimum atomic E-state index is -0.167. The fraction of sp³-hybridized carbons (Fsp3) is 0.889. The Hall–Kier alpha value is -0.590. The minimum Gasteiger partial charge on any atom is -0.394 e. The molecule has 0 spiro atoms. The van der Waals surface area contributed by atoms with Crippen molar-refractivity contribution in [3.8, 4) is 6.07 Å². The van der Waals surface area contributed by atoms with E-state index in [1.165, 1.54) is 6.92 Å². The van der Waals surface area contributed by atoms with E-state index in [2.05, 4.69) is 0 Å². The van der Waals surface area contributed by atoms with Crippen molar-refractivity contribution in [1.29, 1.82) is 5.26 Å². The van der Waals surface area contributed by atoms with Crippen LogP contribution >= 0.6 is 0 Å². The molecule has 0 saturated carbocycles. The van der Waals surface area contributed by atoms with Crippen LogP contribution in [0.2, 0.25) is 0 Å². The maximum absolute atomic E-state index is 8.06. The maximum atomic E-state index is 8.06. The summed E-state index contributed by atoms with van der Waals surface area (Å²) in [5, 5.41) is 15.4. The molecule has 0 atom stereocenters. The van der Waals surface area contributed by atoms with E-state index in [0.717, 1.165) is 0 Å². The molecule has 0 aliphatic carbocycles. The Morgan fingerprint density at radius 2 is 1.33 bits per heavy atom. The summed E-state index contributed by atoms with van der Waals surface area (Å²) in [5.41, 5.74) is 0. The molecule has 1 N–H and O–H groups in total. The molecule has 0 rings (SSSR count). The Bertz CT molecular complexity index is 92.4. The Kier molecular flexibility index (Phi) is 24.5. The first kappa shape index (κ1) is 17.5. The van der Waals surface area contributed by atoms with Gasteiger partial charge in [0, 0.05) is 20.1 Å². The molecule has 0 unspecified atom stereocenters. The number of nitriles is 1. The maximum Gasteiger partial charge on any atom is 0.0587 e. The van der Waals surface area contributed by atoms with Crippen LogP contribution in [0.15, 0.2) is 0 Å². The quantitative estimate of drug-likeness (QED) is 0.662. The van der Waals surface area contributed by atoms with Crippen molar-refractivity contribution in [2.45, 2.75) is 46.8 Å². The Balaban J connectivity index is -0.000000105. The number of ether oxygens (including phenoxy) is 1. The molecule has 0 aliphatic heterocycles. The molecule has 0 amide bonds. The summed E-state index contributed by atoms with van der Waals surface area (Å²) >= 11 is 0. The number of nitrogens with zero attached hydrogens (tertiary/aromatic N) is 1. The predicted molar refractivity (Wildman–Crippen MR) is 50.8 cm³/mol. The molecule has 0 bridgehead atoms. The van der Waals surface area contributed by atoms with E-state index in [0.29, 0.717) is 6.10 Å². The molecule has 0 fully saturated rings. The predicted octanol–water partition coefficient (Wildman–Crippen LogP) is 1.96. The van der Waals surface area contributed by atoms with E-state index < -0.39 is 0 Å². The molecule has 0 radical (unpaired) electrons. The molecular weight excluding hydrogens is 154 g/mol. The lowest BCUT2D eigenvalue weighted by molar-refractivity contribution is 0.134.